The summed E-state index contributed by atoms with van der Waals surface area (Å²) in [5.41, 5.74) is -0.133. The molecule has 7 nitrogen and oxygen atoms in total. The highest BCUT2D eigenvalue weighted by Gasteiger charge is 2.16. The van der Waals surface area contributed by atoms with E-state index >= 15 is 0 Å². The van der Waals surface area contributed by atoms with E-state index < -0.39 is 10.9 Å². The van der Waals surface area contributed by atoms with E-state index in [4.69, 9.17) is 4.74 Å². The lowest BCUT2D eigenvalue weighted by atomic mass is 10.2. The van der Waals surface area contributed by atoms with Crippen LogP contribution in [0.2, 0.25) is 0 Å². The maximum absolute atomic E-state index is 10.8. The molecule has 1 aromatic carbocycles. The third kappa shape index (κ3) is 3.55. The van der Waals surface area contributed by atoms with Crippen molar-refractivity contribution >= 4 is 17.9 Å². The highest BCUT2D eigenvalue weighted by molar-refractivity contribution is 5.77. The maximum Gasteiger partial charge on any atom is 0.311 e. The number of nitro benzene ring substituents is 1. The van der Waals surface area contributed by atoms with E-state index in [1.807, 2.05) is 0 Å². The first-order valence-electron chi connectivity index (χ1n) is 5.01. The molecule has 7 heteroatoms. The summed E-state index contributed by atoms with van der Waals surface area (Å²) in [6.07, 6.45) is 0.494. The summed E-state index contributed by atoms with van der Waals surface area (Å²) in [5, 5.41) is 10.8. The fourth-order valence-electron chi connectivity index (χ4n) is 1.22. The molecule has 1 rings (SSSR count). The zero-order valence-corrected chi connectivity index (χ0v) is 9.62. The number of hydrogen-bond donors (Lipinski definition) is 0. The van der Waals surface area contributed by atoms with E-state index in [1.165, 1.54) is 19.2 Å². The number of aldehydes is 1. The molecule has 18 heavy (non-hydrogen) atoms. The second-order valence-electron chi connectivity index (χ2n) is 3.28. The van der Waals surface area contributed by atoms with Gasteiger partial charge in [-0.15, -0.1) is 0 Å². The van der Waals surface area contributed by atoms with Crippen molar-refractivity contribution in [1.29, 1.82) is 0 Å². The fraction of sp³-hybridized carbons (Fsp3) is 0.273. The summed E-state index contributed by atoms with van der Waals surface area (Å²) in [7, 11) is 1.24. The largest absolute Gasteiger partial charge is 0.486 e. The van der Waals surface area contributed by atoms with Crippen molar-refractivity contribution in [3.8, 4) is 5.75 Å². The van der Waals surface area contributed by atoms with Gasteiger partial charge in [-0.1, -0.05) is 0 Å². The van der Waals surface area contributed by atoms with Gasteiger partial charge in [0.05, 0.1) is 25.1 Å². The summed E-state index contributed by atoms with van der Waals surface area (Å²) in [6, 6.07) is 3.83. The molecule has 0 saturated heterocycles. The minimum atomic E-state index is -0.652. The first-order valence-corrected chi connectivity index (χ1v) is 5.01. The number of ether oxygens (including phenoxy) is 2. The molecule has 0 heterocycles. The van der Waals surface area contributed by atoms with Crippen molar-refractivity contribution in [2.45, 2.75) is 6.42 Å². The lowest BCUT2D eigenvalue weighted by Gasteiger charge is -2.06. The molecule has 0 atom stereocenters. The minimum absolute atomic E-state index is 0.00880. The molecule has 96 valence electrons. The molecule has 0 N–H and O–H groups in total. The van der Waals surface area contributed by atoms with Crippen molar-refractivity contribution in [2.24, 2.45) is 0 Å². The second kappa shape index (κ2) is 6.33. The van der Waals surface area contributed by atoms with Gasteiger partial charge in [-0.2, -0.15) is 0 Å². The van der Waals surface area contributed by atoms with Gasteiger partial charge in [0.2, 0.25) is 0 Å². The van der Waals surface area contributed by atoms with Crippen LogP contribution in [0.1, 0.15) is 16.8 Å². The molecule has 0 fully saturated rings. The molecule has 0 bridgehead atoms. The van der Waals surface area contributed by atoms with E-state index in [1.54, 1.807) is 0 Å². The van der Waals surface area contributed by atoms with E-state index in [9.17, 15) is 19.7 Å². The average Bonchev–Trinajstić information content (AvgIpc) is 2.38. The Morgan fingerprint density at radius 1 is 1.50 bits per heavy atom. The molecule has 0 unspecified atom stereocenters. The first-order chi connectivity index (χ1) is 8.58. The van der Waals surface area contributed by atoms with Gasteiger partial charge in [0.25, 0.3) is 0 Å². The number of nitro groups is 1. The van der Waals surface area contributed by atoms with E-state index in [2.05, 4.69) is 4.74 Å². The first kappa shape index (κ1) is 13.6. The monoisotopic (exact) mass is 253 g/mol. The Hall–Kier alpha value is -2.44. The number of carbonyl (C=O) groups is 2. The van der Waals surface area contributed by atoms with Crippen LogP contribution in [-0.4, -0.2) is 30.9 Å². The number of benzene rings is 1. The Kier molecular flexibility index (Phi) is 4.79. The molecule has 0 amide bonds. The Morgan fingerprint density at radius 2 is 2.22 bits per heavy atom. The number of esters is 1. The maximum atomic E-state index is 10.8. The summed E-state index contributed by atoms with van der Waals surface area (Å²) in [5.74, 6) is -0.461. The van der Waals surface area contributed by atoms with Gasteiger partial charge in [-0.3, -0.25) is 19.7 Å². The van der Waals surface area contributed by atoms with Crippen LogP contribution in [0.15, 0.2) is 18.2 Å². The number of carbonyl (C=O) groups excluding carboxylic acids is 2. The zero-order valence-electron chi connectivity index (χ0n) is 9.62. The van der Waals surface area contributed by atoms with E-state index in [0.29, 0.717) is 6.29 Å². The molecule has 0 spiro atoms. The molecule has 0 aliphatic heterocycles. The van der Waals surface area contributed by atoms with Crippen LogP contribution in [0.25, 0.3) is 0 Å². The van der Waals surface area contributed by atoms with Gasteiger partial charge in [-0.25, -0.2) is 0 Å². The standard InChI is InChI=1S/C11H11NO6/c1-17-11(14)4-5-18-10-3-2-8(7-13)6-9(10)12(15)16/h2-3,6-7H,4-5H2,1H3. The topological polar surface area (TPSA) is 95.7 Å². The van der Waals surface area contributed by atoms with Crippen molar-refractivity contribution in [1.82, 2.24) is 0 Å². The smallest absolute Gasteiger partial charge is 0.311 e. The van der Waals surface area contributed by atoms with Crippen molar-refractivity contribution in [2.75, 3.05) is 13.7 Å². The average molecular weight is 253 g/mol. The predicted molar refractivity (Wildman–Crippen MR) is 60.6 cm³/mol. The number of rotatable bonds is 6. The Bertz CT molecular complexity index is 471. The lowest BCUT2D eigenvalue weighted by molar-refractivity contribution is -0.385. The van der Waals surface area contributed by atoms with E-state index in [-0.39, 0.29) is 30.0 Å². The van der Waals surface area contributed by atoms with Crippen molar-refractivity contribution in [3.05, 3.63) is 33.9 Å². The van der Waals surface area contributed by atoms with Crippen LogP contribution in [0.3, 0.4) is 0 Å². The predicted octanol–water partition coefficient (Wildman–Crippen LogP) is 1.35. The second-order valence-corrected chi connectivity index (χ2v) is 3.28. The Morgan fingerprint density at radius 3 is 2.78 bits per heavy atom. The molecular formula is C11H11NO6. The van der Waals surface area contributed by atoms with Gasteiger partial charge in [0.1, 0.15) is 6.29 Å². The third-order valence-electron chi connectivity index (χ3n) is 2.11. The number of nitrogens with zero attached hydrogens (tertiary/aromatic N) is 1. The molecule has 0 aliphatic carbocycles. The highest BCUT2D eigenvalue weighted by atomic mass is 16.6. The highest BCUT2D eigenvalue weighted by Crippen LogP contribution is 2.27. The molecule has 1 aromatic rings. The summed E-state index contributed by atoms with van der Waals surface area (Å²) >= 11 is 0. The fourth-order valence-corrected chi connectivity index (χ4v) is 1.22. The number of methoxy groups -OCH3 is 1. The van der Waals surface area contributed by atoms with E-state index in [0.717, 1.165) is 6.07 Å². The van der Waals surface area contributed by atoms with Crippen LogP contribution < -0.4 is 4.74 Å². The van der Waals surface area contributed by atoms with Crippen LogP contribution >= 0.6 is 0 Å². The molecule has 0 saturated carbocycles. The molecular weight excluding hydrogens is 242 g/mol. The van der Waals surface area contributed by atoms with Gasteiger partial charge in [0, 0.05) is 11.6 Å². The van der Waals surface area contributed by atoms with Crippen LogP contribution in [-0.2, 0) is 9.53 Å². The zero-order chi connectivity index (χ0) is 13.5. The van der Waals surface area contributed by atoms with Gasteiger partial charge < -0.3 is 9.47 Å². The Labute approximate surface area is 102 Å². The van der Waals surface area contributed by atoms with Gasteiger partial charge in [-0.05, 0) is 12.1 Å². The van der Waals surface area contributed by atoms with Gasteiger partial charge in [0.15, 0.2) is 5.75 Å². The number of hydrogen-bond acceptors (Lipinski definition) is 6. The quantitative estimate of drug-likeness (QED) is 0.328. The van der Waals surface area contributed by atoms with Crippen LogP contribution in [0.4, 0.5) is 5.69 Å². The third-order valence-corrected chi connectivity index (χ3v) is 2.11. The van der Waals surface area contributed by atoms with Crippen LogP contribution in [0.5, 0.6) is 5.75 Å². The normalized spacial score (nSPS) is 9.61. The minimum Gasteiger partial charge on any atom is -0.486 e. The van der Waals surface area contributed by atoms with Crippen LogP contribution in [0, 0.1) is 10.1 Å². The summed E-state index contributed by atoms with van der Waals surface area (Å²) < 4.78 is 9.52. The van der Waals surface area contributed by atoms with Crippen molar-refractivity contribution in [3.63, 3.8) is 0 Å². The molecule has 0 aliphatic rings. The Balaban J connectivity index is 2.78. The van der Waals surface area contributed by atoms with Gasteiger partial charge >= 0.3 is 11.7 Å². The summed E-state index contributed by atoms with van der Waals surface area (Å²) in [6.45, 7) is -0.0338. The molecule has 0 aromatic heterocycles. The van der Waals surface area contributed by atoms with Crippen molar-refractivity contribution < 1.29 is 24.0 Å². The summed E-state index contributed by atoms with van der Waals surface area (Å²) in [4.78, 5) is 31.5. The lowest BCUT2D eigenvalue weighted by Crippen LogP contribution is -2.08. The SMILES string of the molecule is COC(=O)CCOc1ccc(C=O)cc1[N+](=O)[O-]. The molecule has 0 radical (unpaired) electrons.